The quantitative estimate of drug-likeness (QED) is 0.402. The first-order valence-electron chi connectivity index (χ1n) is 0.565. The summed E-state index contributed by atoms with van der Waals surface area (Å²) >= 11 is 0. The van der Waals surface area contributed by atoms with Crippen LogP contribution in [0.5, 0.6) is 0 Å². The molecule has 44 valence electrons. The van der Waals surface area contributed by atoms with Gasteiger partial charge in [0.25, 0.3) is 5.09 Å². The van der Waals surface area contributed by atoms with Gasteiger partial charge in [-0.3, -0.25) is 0 Å². The van der Waals surface area contributed by atoms with Crippen LogP contribution in [0.2, 0.25) is 0 Å². The predicted molar refractivity (Wildman–Crippen MR) is 18.8 cm³/mol. The minimum absolute atomic E-state index is 0. The standard InChI is InChI=1S/Ce.HNO3.2H3N/c;2-1(3)4;;/h;(H,2,3,4);2*1H3. The molecule has 7 heteroatoms. The van der Waals surface area contributed by atoms with E-state index in [2.05, 4.69) is 0 Å². The van der Waals surface area contributed by atoms with Crippen LogP contribution in [0.4, 0.5) is 0 Å². The summed E-state index contributed by atoms with van der Waals surface area (Å²) in [4.78, 5) is 8.36. The molecule has 0 amide bonds. The fraction of sp³-hybridized carbons (Fsp3) is 0. The van der Waals surface area contributed by atoms with Crippen molar-refractivity contribution in [2.45, 2.75) is 0 Å². The molecule has 7 heavy (non-hydrogen) atoms. The van der Waals surface area contributed by atoms with Crippen LogP contribution in [0.3, 0.4) is 0 Å². The van der Waals surface area contributed by atoms with Crippen molar-refractivity contribution in [3.8, 4) is 0 Å². The van der Waals surface area contributed by atoms with Gasteiger partial charge < -0.3 is 17.5 Å². The molecule has 0 aliphatic heterocycles. The van der Waals surface area contributed by atoms with Gasteiger partial charge in [-0.1, -0.05) is 0 Å². The number of hydrogen-bond acceptors (Lipinski definition) is 4. The van der Waals surface area contributed by atoms with Gasteiger partial charge in [-0.2, -0.15) is 0 Å². The van der Waals surface area contributed by atoms with Gasteiger partial charge in [-0.15, -0.1) is 10.1 Å². The fourth-order valence-corrected chi connectivity index (χ4v) is 0. The van der Waals surface area contributed by atoms with Gasteiger partial charge in [0, 0.05) is 41.7 Å². The van der Waals surface area contributed by atoms with Crippen LogP contribution in [0, 0.1) is 51.9 Å². The molecule has 0 fully saturated rings. The Morgan fingerprint density at radius 3 is 1.43 bits per heavy atom. The Morgan fingerprint density at radius 1 is 1.43 bits per heavy atom. The summed E-state index contributed by atoms with van der Waals surface area (Å²) in [5.41, 5.74) is 0. The van der Waals surface area contributed by atoms with E-state index < -0.39 is 5.09 Å². The second-order valence-corrected chi connectivity index (χ2v) is 0.238. The van der Waals surface area contributed by atoms with Crippen LogP contribution >= 0.6 is 0 Å². The van der Waals surface area contributed by atoms with E-state index in [-0.39, 0.29) is 54.0 Å². The summed E-state index contributed by atoms with van der Waals surface area (Å²) in [5.74, 6) is 0. The molecule has 0 spiro atoms. The van der Waals surface area contributed by atoms with Crippen molar-refractivity contribution in [2.24, 2.45) is 0 Å². The minimum atomic E-state index is -1.50. The van der Waals surface area contributed by atoms with E-state index in [1.165, 1.54) is 0 Å². The fourth-order valence-electron chi connectivity index (χ4n) is 0. The third-order valence-electron chi connectivity index (χ3n) is 0. The minimum Gasteiger partial charge on any atom is -0.344 e. The average molecular weight is 237 g/mol. The first-order valence-corrected chi connectivity index (χ1v) is 0.565. The van der Waals surface area contributed by atoms with Crippen molar-refractivity contribution in [3.63, 3.8) is 0 Å². The molecular formula is H7CeN3O3. The van der Waals surface area contributed by atoms with Gasteiger partial charge in [0.2, 0.25) is 0 Å². The molecule has 0 aromatic carbocycles. The molecule has 0 aromatic rings. The van der Waals surface area contributed by atoms with E-state index in [9.17, 15) is 0 Å². The van der Waals surface area contributed by atoms with Crippen molar-refractivity contribution >= 4 is 0 Å². The number of rotatable bonds is 0. The summed E-state index contributed by atoms with van der Waals surface area (Å²) in [5, 5.41) is 13.6. The summed E-state index contributed by atoms with van der Waals surface area (Å²) in [6, 6.07) is 0. The Bertz CT molecular complexity index is 33.2. The summed E-state index contributed by atoms with van der Waals surface area (Å²) < 4.78 is 0. The van der Waals surface area contributed by atoms with Crippen LogP contribution in [0.1, 0.15) is 0 Å². The second-order valence-electron chi connectivity index (χ2n) is 0.238. The maximum absolute atomic E-state index is 8.36. The van der Waals surface area contributed by atoms with Crippen molar-refractivity contribution in [2.75, 3.05) is 0 Å². The van der Waals surface area contributed by atoms with E-state index >= 15 is 0 Å². The van der Waals surface area contributed by atoms with E-state index in [4.69, 9.17) is 15.3 Å². The monoisotopic (exact) mass is 237 g/mol. The molecule has 0 saturated carbocycles. The molecule has 6 nitrogen and oxygen atoms in total. The molecule has 0 heterocycles. The molecule has 0 aliphatic rings. The molecular weight excluding hydrogens is 230 g/mol. The molecule has 0 unspecified atom stereocenters. The average Bonchev–Trinajstić information content (AvgIpc) is 0.811. The SMILES string of the molecule is N.N.O=[N+]([O-])O.[Ce]. The Hall–Kier alpha value is 0.497. The van der Waals surface area contributed by atoms with Gasteiger partial charge >= 0.3 is 0 Å². The van der Waals surface area contributed by atoms with Crippen molar-refractivity contribution in [3.05, 3.63) is 10.1 Å². The summed E-state index contributed by atoms with van der Waals surface area (Å²) in [6.07, 6.45) is 0. The zero-order chi connectivity index (χ0) is 3.58. The number of hydrogen-bond donors (Lipinski definition) is 3. The van der Waals surface area contributed by atoms with Gasteiger partial charge in [0.1, 0.15) is 0 Å². The Kier molecular flexibility index (Phi) is 59.4. The van der Waals surface area contributed by atoms with Gasteiger partial charge in [-0.05, 0) is 0 Å². The van der Waals surface area contributed by atoms with Crippen LogP contribution in [-0.4, -0.2) is 10.3 Å². The van der Waals surface area contributed by atoms with E-state index in [0.29, 0.717) is 0 Å². The predicted octanol–water partition coefficient (Wildman–Crippen LogP) is -0.0237. The molecule has 0 radical (unpaired) electrons. The van der Waals surface area contributed by atoms with Crippen molar-refractivity contribution < 1.29 is 52.0 Å². The third-order valence-corrected chi connectivity index (χ3v) is 0. The summed E-state index contributed by atoms with van der Waals surface area (Å²) in [6.45, 7) is 0. The smallest absolute Gasteiger partial charge is 0.291 e. The molecule has 0 atom stereocenters. The zero-order valence-corrected chi connectivity index (χ0v) is 6.77. The normalized spacial score (nSPS) is 3.43. The first-order chi connectivity index (χ1) is 1.73. The Balaban J connectivity index is -0.0000000150. The molecule has 0 aliphatic carbocycles. The third kappa shape index (κ3) is 533. The first kappa shape index (κ1) is 25.9. The van der Waals surface area contributed by atoms with Crippen LogP contribution in [-0.2, 0) is 0 Å². The second kappa shape index (κ2) is 16.1. The van der Waals surface area contributed by atoms with Crippen molar-refractivity contribution in [1.82, 2.24) is 12.3 Å². The molecule has 7 N–H and O–H groups in total. The van der Waals surface area contributed by atoms with Crippen LogP contribution < -0.4 is 12.3 Å². The van der Waals surface area contributed by atoms with Crippen LogP contribution in [0.15, 0.2) is 0 Å². The topological polar surface area (TPSA) is 133 Å². The number of nitrogens with zero attached hydrogens (tertiary/aromatic N) is 1. The zero-order valence-electron chi connectivity index (χ0n) is 3.63. The maximum Gasteiger partial charge on any atom is 0.291 e. The van der Waals surface area contributed by atoms with E-state index in [1.54, 1.807) is 0 Å². The van der Waals surface area contributed by atoms with Gasteiger partial charge in [0.05, 0.1) is 0 Å². The van der Waals surface area contributed by atoms with Crippen molar-refractivity contribution in [1.29, 1.82) is 0 Å². The van der Waals surface area contributed by atoms with E-state index in [0.717, 1.165) is 0 Å². The van der Waals surface area contributed by atoms with Gasteiger partial charge in [0.15, 0.2) is 0 Å². The van der Waals surface area contributed by atoms with Crippen LogP contribution in [0.25, 0.3) is 0 Å². The largest absolute Gasteiger partial charge is 0.344 e. The molecule has 0 aromatic heterocycles. The molecule has 0 rings (SSSR count). The van der Waals surface area contributed by atoms with Gasteiger partial charge in [-0.25, -0.2) is 0 Å². The van der Waals surface area contributed by atoms with E-state index in [1.807, 2.05) is 0 Å². The molecule has 0 saturated heterocycles. The maximum atomic E-state index is 8.36. The Morgan fingerprint density at radius 2 is 1.43 bits per heavy atom. The molecule has 0 bridgehead atoms. The Labute approximate surface area is 73.9 Å². The summed E-state index contributed by atoms with van der Waals surface area (Å²) in [7, 11) is 0.